The highest BCUT2D eigenvalue weighted by Gasteiger charge is 2.37. The lowest BCUT2D eigenvalue weighted by Crippen LogP contribution is -2.44. The summed E-state index contributed by atoms with van der Waals surface area (Å²) in [6.45, 7) is 2.24. The average Bonchev–Trinajstić information content (AvgIpc) is 3.06. The quantitative estimate of drug-likeness (QED) is 0.884. The molecule has 1 aromatic heterocycles. The van der Waals surface area contributed by atoms with Crippen molar-refractivity contribution in [2.24, 2.45) is 11.8 Å². The summed E-state index contributed by atoms with van der Waals surface area (Å²) in [6, 6.07) is 0.154. The molecule has 6 heteroatoms. The highest BCUT2D eigenvalue weighted by atomic mass is 16.2. The number of aryl methyl sites for hydroxylation is 1. The molecular formula is C16H22N4O2. The molecular weight excluding hydrogens is 280 g/mol. The first-order valence-corrected chi connectivity index (χ1v) is 8.27. The highest BCUT2D eigenvalue weighted by molar-refractivity contribution is 5.89. The number of hydrogen-bond donors (Lipinski definition) is 1. The van der Waals surface area contributed by atoms with Crippen molar-refractivity contribution in [2.75, 3.05) is 13.1 Å². The van der Waals surface area contributed by atoms with E-state index in [4.69, 9.17) is 0 Å². The smallest absolute Gasteiger partial charge is 0.225 e. The van der Waals surface area contributed by atoms with Crippen LogP contribution in [-0.4, -0.2) is 45.4 Å². The largest absolute Gasteiger partial charge is 0.351 e. The fourth-order valence-corrected chi connectivity index (χ4v) is 3.54. The van der Waals surface area contributed by atoms with Crippen LogP contribution in [0.3, 0.4) is 0 Å². The van der Waals surface area contributed by atoms with Gasteiger partial charge in [-0.3, -0.25) is 9.59 Å². The van der Waals surface area contributed by atoms with E-state index in [1.54, 1.807) is 0 Å². The second-order valence-corrected chi connectivity index (χ2v) is 6.88. The van der Waals surface area contributed by atoms with Crippen LogP contribution in [0.25, 0.3) is 0 Å². The molecule has 3 aliphatic rings. The van der Waals surface area contributed by atoms with Crippen molar-refractivity contribution in [1.29, 1.82) is 0 Å². The number of hydrogen-bond acceptors (Lipinski definition) is 3. The first-order chi connectivity index (χ1) is 10.7. The number of aromatic nitrogens is 2. The van der Waals surface area contributed by atoms with Crippen molar-refractivity contribution < 1.29 is 9.59 Å². The number of carbonyl (C=O) groups is 2. The standard InChI is InChI=1S/C16H22N4O2/c21-15-7-12(9-20(15)8-11-1-2-11)16(22)18-13-3-4-14-17-5-6-19(14)10-13/h5-6,11-13H,1-4,7-10H2,(H,18,22)/t12-,13-/m1/s1. The summed E-state index contributed by atoms with van der Waals surface area (Å²) < 4.78 is 2.10. The predicted molar refractivity (Wildman–Crippen MR) is 79.9 cm³/mol. The van der Waals surface area contributed by atoms with Gasteiger partial charge in [0.15, 0.2) is 0 Å². The first kappa shape index (κ1) is 13.8. The zero-order valence-electron chi connectivity index (χ0n) is 12.7. The molecule has 4 rings (SSSR count). The van der Waals surface area contributed by atoms with Crippen LogP contribution >= 0.6 is 0 Å². The van der Waals surface area contributed by atoms with Crippen molar-refractivity contribution in [3.63, 3.8) is 0 Å². The minimum absolute atomic E-state index is 0.0419. The molecule has 0 aromatic carbocycles. The summed E-state index contributed by atoms with van der Waals surface area (Å²) in [5.41, 5.74) is 0. The normalized spacial score (nSPS) is 27.8. The Morgan fingerprint density at radius 1 is 1.32 bits per heavy atom. The molecule has 1 saturated heterocycles. The maximum absolute atomic E-state index is 12.4. The average molecular weight is 302 g/mol. The molecule has 2 aliphatic heterocycles. The Morgan fingerprint density at radius 2 is 2.18 bits per heavy atom. The molecule has 118 valence electrons. The van der Waals surface area contributed by atoms with E-state index in [-0.39, 0.29) is 23.8 Å². The zero-order chi connectivity index (χ0) is 15.1. The molecule has 1 N–H and O–H groups in total. The second-order valence-electron chi connectivity index (χ2n) is 6.88. The predicted octanol–water partition coefficient (Wildman–Crippen LogP) is 0.573. The third-order valence-corrected chi connectivity index (χ3v) is 5.04. The van der Waals surface area contributed by atoms with Gasteiger partial charge in [0.2, 0.25) is 11.8 Å². The Kier molecular flexibility index (Phi) is 3.39. The number of nitrogens with one attached hydrogen (secondary N) is 1. The Bertz CT molecular complexity index is 593. The summed E-state index contributed by atoms with van der Waals surface area (Å²) in [5, 5.41) is 3.14. The second kappa shape index (κ2) is 5.41. The molecule has 1 aliphatic carbocycles. The molecule has 1 saturated carbocycles. The fourth-order valence-electron chi connectivity index (χ4n) is 3.54. The molecule has 6 nitrogen and oxygen atoms in total. The minimum Gasteiger partial charge on any atom is -0.351 e. The number of carbonyl (C=O) groups excluding carboxylic acids is 2. The molecule has 0 spiro atoms. The third-order valence-electron chi connectivity index (χ3n) is 5.04. The van der Waals surface area contributed by atoms with Crippen LogP contribution in [0.15, 0.2) is 12.4 Å². The number of imidazole rings is 1. The summed E-state index contributed by atoms with van der Waals surface area (Å²) in [5.74, 6) is 1.80. The SMILES string of the molecule is O=C(N[C@@H]1CCc2nccn2C1)[C@@H]1CC(=O)N(CC2CC2)C1. The molecule has 0 bridgehead atoms. The van der Waals surface area contributed by atoms with Crippen molar-refractivity contribution >= 4 is 11.8 Å². The van der Waals surface area contributed by atoms with Gasteiger partial charge < -0.3 is 14.8 Å². The lowest BCUT2D eigenvalue weighted by molar-refractivity contribution is -0.129. The Labute approximate surface area is 129 Å². The molecule has 2 amide bonds. The summed E-state index contributed by atoms with van der Waals surface area (Å²) in [4.78, 5) is 30.6. The van der Waals surface area contributed by atoms with Gasteiger partial charge in [0, 0.05) is 50.9 Å². The number of likely N-dealkylation sites (tertiary alicyclic amines) is 1. The van der Waals surface area contributed by atoms with E-state index in [1.807, 2.05) is 17.3 Å². The number of nitrogens with zero attached hydrogens (tertiary/aromatic N) is 3. The van der Waals surface area contributed by atoms with E-state index >= 15 is 0 Å². The van der Waals surface area contributed by atoms with Gasteiger partial charge in [0.25, 0.3) is 0 Å². The van der Waals surface area contributed by atoms with Crippen LogP contribution in [-0.2, 0) is 22.6 Å². The minimum atomic E-state index is -0.171. The molecule has 0 unspecified atom stereocenters. The number of amides is 2. The highest BCUT2D eigenvalue weighted by Crippen LogP contribution is 2.32. The molecule has 0 radical (unpaired) electrons. The Morgan fingerprint density at radius 3 is 3.00 bits per heavy atom. The third kappa shape index (κ3) is 2.74. The summed E-state index contributed by atoms with van der Waals surface area (Å²) >= 11 is 0. The Balaban J connectivity index is 1.32. The van der Waals surface area contributed by atoms with E-state index in [2.05, 4.69) is 14.9 Å². The fraction of sp³-hybridized carbons (Fsp3) is 0.688. The topological polar surface area (TPSA) is 67.2 Å². The van der Waals surface area contributed by atoms with Gasteiger partial charge in [0.05, 0.1) is 5.92 Å². The van der Waals surface area contributed by atoms with Crippen LogP contribution < -0.4 is 5.32 Å². The molecule has 1 aromatic rings. The van der Waals surface area contributed by atoms with Crippen molar-refractivity contribution in [1.82, 2.24) is 19.8 Å². The van der Waals surface area contributed by atoms with Gasteiger partial charge in [-0.1, -0.05) is 0 Å². The maximum atomic E-state index is 12.4. The van der Waals surface area contributed by atoms with Gasteiger partial charge >= 0.3 is 0 Å². The van der Waals surface area contributed by atoms with E-state index in [0.29, 0.717) is 18.9 Å². The van der Waals surface area contributed by atoms with E-state index < -0.39 is 0 Å². The molecule has 2 atom stereocenters. The first-order valence-electron chi connectivity index (χ1n) is 8.27. The zero-order valence-corrected chi connectivity index (χ0v) is 12.7. The van der Waals surface area contributed by atoms with Crippen LogP contribution in [0.4, 0.5) is 0 Å². The lowest BCUT2D eigenvalue weighted by atomic mass is 10.0. The Hall–Kier alpha value is -1.85. The molecule has 2 fully saturated rings. The van der Waals surface area contributed by atoms with Crippen LogP contribution in [0.2, 0.25) is 0 Å². The van der Waals surface area contributed by atoms with Crippen LogP contribution in [0.5, 0.6) is 0 Å². The van der Waals surface area contributed by atoms with E-state index in [9.17, 15) is 9.59 Å². The van der Waals surface area contributed by atoms with Crippen LogP contribution in [0.1, 0.15) is 31.5 Å². The van der Waals surface area contributed by atoms with E-state index in [1.165, 1.54) is 12.8 Å². The number of fused-ring (bicyclic) bond motifs is 1. The van der Waals surface area contributed by atoms with Gasteiger partial charge in [-0.2, -0.15) is 0 Å². The maximum Gasteiger partial charge on any atom is 0.225 e. The van der Waals surface area contributed by atoms with E-state index in [0.717, 1.165) is 31.8 Å². The van der Waals surface area contributed by atoms with Crippen molar-refractivity contribution in [2.45, 2.75) is 44.7 Å². The lowest BCUT2D eigenvalue weighted by Gasteiger charge is -2.26. The van der Waals surface area contributed by atoms with Gasteiger partial charge in [-0.05, 0) is 25.2 Å². The summed E-state index contributed by atoms with van der Waals surface area (Å²) in [7, 11) is 0. The number of rotatable bonds is 4. The van der Waals surface area contributed by atoms with Crippen molar-refractivity contribution in [3.8, 4) is 0 Å². The summed E-state index contributed by atoms with van der Waals surface area (Å²) in [6.07, 6.45) is 8.44. The van der Waals surface area contributed by atoms with Gasteiger partial charge in [-0.25, -0.2) is 4.98 Å². The monoisotopic (exact) mass is 302 g/mol. The molecule has 3 heterocycles. The van der Waals surface area contributed by atoms with Crippen LogP contribution in [0, 0.1) is 11.8 Å². The molecule has 22 heavy (non-hydrogen) atoms. The van der Waals surface area contributed by atoms with Gasteiger partial charge in [-0.15, -0.1) is 0 Å². The van der Waals surface area contributed by atoms with Gasteiger partial charge in [0.1, 0.15) is 5.82 Å². The van der Waals surface area contributed by atoms with Crippen molar-refractivity contribution in [3.05, 3.63) is 18.2 Å².